The van der Waals surface area contributed by atoms with Crippen LogP contribution in [-0.4, -0.2) is 9.97 Å². The van der Waals surface area contributed by atoms with Crippen LogP contribution in [0.5, 0.6) is 0 Å². The minimum atomic E-state index is 0.412. The van der Waals surface area contributed by atoms with Crippen LogP contribution >= 0.6 is 22.9 Å². The van der Waals surface area contributed by atoms with Crippen molar-refractivity contribution in [1.29, 1.82) is 0 Å². The molecule has 0 saturated heterocycles. The molecule has 2 aromatic rings. The number of aromatic nitrogens is 2. The summed E-state index contributed by atoms with van der Waals surface area (Å²) in [4.78, 5) is 7.89. The van der Waals surface area contributed by atoms with Gasteiger partial charge in [0.15, 0.2) is 10.3 Å². The Hall–Kier alpha value is -0.870. The largest absolute Gasteiger partial charge is 0.375 e. The lowest BCUT2D eigenvalue weighted by molar-refractivity contribution is 1.34. The van der Waals surface area contributed by atoms with Gasteiger partial charge in [0, 0.05) is 6.20 Å². The van der Waals surface area contributed by atoms with Crippen LogP contribution in [0, 0.1) is 0 Å². The molecule has 0 saturated carbocycles. The minimum absolute atomic E-state index is 0.412. The molecule has 0 aliphatic carbocycles. The van der Waals surface area contributed by atoms with E-state index in [0.29, 0.717) is 15.8 Å². The van der Waals surface area contributed by atoms with E-state index in [1.807, 2.05) is 6.07 Å². The van der Waals surface area contributed by atoms with Gasteiger partial charge >= 0.3 is 0 Å². The molecule has 0 aliphatic rings. The zero-order chi connectivity index (χ0) is 7.84. The molecule has 0 aliphatic heterocycles. The molecule has 2 rings (SSSR count). The van der Waals surface area contributed by atoms with Crippen molar-refractivity contribution >= 4 is 38.3 Å². The van der Waals surface area contributed by atoms with Crippen LogP contribution < -0.4 is 5.73 Å². The van der Waals surface area contributed by atoms with E-state index in [1.54, 1.807) is 6.20 Å². The van der Waals surface area contributed by atoms with Crippen LogP contribution in [0.15, 0.2) is 12.3 Å². The number of pyridine rings is 1. The zero-order valence-corrected chi connectivity index (χ0v) is 6.99. The summed E-state index contributed by atoms with van der Waals surface area (Å²) in [6.45, 7) is 0. The second-order valence-electron chi connectivity index (χ2n) is 2.00. The van der Waals surface area contributed by atoms with Crippen molar-refractivity contribution in [2.45, 2.75) is 0 Å². The van der Waals surface area contributed by atoms with Gasteiger partial charge in [-0.15, -0.1) is 0 Å². The lowest BCUT2D eigenvalue weighted by Crippen LogP contribution is -1.80. The average Bonchev–Trinajstić information content (AvgIpc) is 2.31. The number of hydrogen-bond acceptors (Lipinski definition) is 4. The van der Waals surface area contributed by atoms with E-state index in [2.05, 4.69) is 9.97 Å². The Morgan fingerprint density at radius 2 is 2.36 bits per heavy atom. The van der Waals surface area contributed by atoms with Gasteiger partial charge in [0.05, 0.1) is 4.70 Å². The molecule has 0 bridgehead atoms. The second kappa shape index (κ2) is 2.32. The highest BCUT2D eigenvalue weighted by atomic mass is 35.5. The van der Waals surface area contributed by atoms with Crippen molar-refractivity contribution in [3.8, 4) is 0 Å². The fourth-order valence-corrected chi connectivity index (χ4v) is 1.83. The normalized spacial score (nSPS) is 10.6. The molecule has 11 heavy (non-hydrogen) atoms. The summed E-state index contributed by atoms with van der Waals surface area (Å²) in [5.41, 5.74) is 6.17. The number of anilines is 1. The van der Waals surface area contributed by atoms with Gasteiger partial charge in [0.1, 0.15) is 5.52 Å². The van der Waals surface area contributed by atoms with E-state index in [9.17, 15) is 0 Å². The predicted octanol–water partition coefficient (Wildman–Crippen LogP) is 1.93. The zero-order valence-electron chi connectivity index (χ0n) is 5.41. The molecule has 0 amide bonds. The highest BCUT2D eigenvalue weighted by Gasteiger charge is 2.03. The molecule has 0 radical (unpaired) electrons. The SMILES string of the molecule is Nc1nc2c(Cl)nccc2s1. The summed E-state index contributed by atoms with van der Waals surface area (Å²) in [5, 5.41) is 0.936. The van der Waals surface area contributed by atoms with Crippen molar-refractivity contribution < 1.29 is 0 Å². The Morgan fingerprint density at radius 1 is 1.55 bits per heavy atom. The standard InChI is InChI=1S/C6H4ClN3S/c7-5-4-3(1-2-9-5)11-6(8)10-4/h1-2H,(H2,8,10). The van der Waals surface area contributed by atoms with Gasteiger partial charge in [0.2, 0.25) is 0 Å². The summed E-state index contributed by atoms with van der Waals surface area (Å²) in [5.74, 6) is 0. The van der Waals surface area contributed by atoms with Crippen molar-refractivity contribution in [2.75, 3.05) is 5.73 Å². The number of nitrogens with zero attached hydrogens (tertiary/aromatic N) is 2. The maximum absolute atomic E-state index is 5.75. The Labute approximate surface area is 71.8 Å². The molecule has 5 heteroatoms. The van der Waals surface area contributed by atoms with E-state index < -0.39 is 0 Å². The molecule has 0 spiro atoms. The molecule has 2 aromatic heterocycles. The summed E-state index contributed by atoms with van der Waals surface area (Å²) in [6, 6.07) is 1.84. The fraction of sp³-hybridized carbons (Fsp3) is 0. The van der Waals surface area contributed by atoms with E-state index in [1.165, 1.54) is 11.3 Å². The third-order valence-electron chi connectivity index (χ3n) is 1.28. The molecule has 0 fully saturated rings. The molecule has 3 nitrogen and oxygen atoms in total. The Balaban J connectivity index is 2.90. The topological polar surface area (TPSA) is 51.8 Å². The number of rotatable bonds is 0. The van der Waals surface area contributed by atoms with Crippen LogP contribution in [0.1, 0.15) is 0 Å². The summed E-state index contributed by atoms with van der Waals surface area (Å²) in [7, 11) is 0. The first-order valence-corrected chi connectivity index (χ1v) is 4.13. The second-order valence-corrected chi connectivity index (χ2v) is 3.42. The van der Waals surface area contributed by atoms with Crippen LogP contribution in [0.2, 0.25) is 5.15 Å². The van der Waals surface area contributed by atoms with Crippen LogP contribution in [0.25, 0.3) is 10.2 Å². The highest BCUT2D eigenvalue weighted by Crippen LogP contribution is 2.26. The maximum Gasteiger partial charge on any atom is 0.181 e. The number of halogens is 1. The van der Waals surface area contributed by atoms with Crippen LogP contribution in [-0.2, 0) is 0 Å². The number of nitrogens with two attached hydrogens (primary N) is 1. The third kappa shape index (κ3) is 1.04. The highest BCUT2D eigenvalue weighted by molar-refractivity contribution is 7.22. The maximum atomic E-state index is 5.75. The first-order chi connectivity index (χ1) is 5.27. The fourth-order valence-electron chi connectivity index (χ4n) is 0.841. The van der Waals surface area contributed by atoms with Gasteiger partial charge in [-0.3, -0.25) is 0 Å². The van der Waals surface area contributed by atoms with Gasteiger partial charge in [0.25, 0.3) is 0 Å². The quantitative estimate of drug-likeness (QED) is 0.638. The molecule has 0 unspecified atom stereocenters. The Morgan fingerprint density at radius 3 is 3.09 bits per heavy atom. The average molecular weight is 186 g/mol. The van der Waals surface area contributed by atoms with Gasteiger partial charge in [-0.2, -0.15) is 0 Å². The molecule has 2 N–H and O–H groups in total. The van der Waals surface area contributed by atoms with Crippen molar-refractivity contribution in [3.05, 3.63) is 17.4 Å². The smallest absolute Gasteiger partial charge is 0.181 e. The van der Waals surface area contributed by atoms with E-state index in [-0.39, 0.29) is 0 Å². The van der Waals surface area contributed by atoms with Gasteiger partial charge in [-0.25, -0.2) is 9.97 Å². The Bertz CT molecular complexity index is 398. The summed E-state index contributed by atoms with van der Waals surface area (Å²) >= 11 is 7.16. The predicted molar refractivity (Wildman–Crippen MR) is 46.8 cm³/mol. The lowest BCUT2D eigenvalue weighted by atomic mass is 10.5. The third-order valence-corrected chi connectivity index (χ3v) is 2.41. The minimum Gasteiger partial charge on any atom is -0.375 e. The van der Waals surface area contributed by atoms with Crippen molar-refractivity contribution in [2.24, 2.45) is 0 Å². The lowest BCUT2D eigenvalue weighted by Gasteiger charge is -1.86. The first kappa shape index (κ1) is 6.82. The van der Waals surface area contributed by atoms with E-state index in [4.69, 9.17) is 17.3 Å². The van der Waals surface area contributed by atoms with Gasteiger partial charge in [-0.05, 0) is 6.07 Å². The monoisotopic (exact) mass is 185 g/mol. The number of fused-ring (bicyclic) bond motifs is 1. The molecule has 56 valence electrons. The van der Waals surface area contributed by atoms with Crippen molar-refractivity contribution in [3.63, 3.8) is 0 Å². The molecular weight excluding hydrogens is 182 g/mol. The van der Waals surface area contributed by atoms with E-state index in [0.717, 1.165) is 4.70 Å². The molecule has 2 heterocycles. The van der Waals surface area contributed by atoms with E-state index >= 15 is 0 Å². The Kier molecular flexibility index (Phi) is 1.44. The summed E-state index contributed by atoms with van der Waals surface area (Å²) < 4.78 is 0.975. The number of hydrogen-bond donors (Lipinski definition) is 1. The van der Waals surface area contributed by atoms with Crippen LogP contribution in [0.4, 0.5) is 5.13 Å². The molecule has 0 aromatic carbocycles. The molecule has 0 atom stereocenters. The van der Waals surface area contributed by atoms with Crippen molar-refractivity contribution in [1.82, 2.24) is 9.97 Å². The number of thiazole rings is 1. The van der Waals surface area contributed by atoms with Crippen LogP contribution in [0.3, 0.4) is 0 Å². The molecular formula is C6H4ClN3S. The number of nitrogen functional groups attached to an aromatic ring is 1. The van der Waals surface area contributed by atoms with Gasteiger partial charge in [-0.1, -0.05) is 22.9 Å². The van der Waals surface area contributed by atoms with Gasteiger partial charge < -0.3 is 5.73 Å². The summed E-state index contributed by atoms with van der Waals surface area (Å²) in [6.07, 6.45) is 1.64. The first-order valence-electron chi connectivity index (χ1n) is 2.94.